The molecule has 3 aliphatic carbocycles. The molecule has 0 bridgehead atoms. The van der Waals surface area contributed by atoms with Crippen LogP contribution in [0.4, 0.5) is 45.5 Å². The average Bonchev–Trinajstić information content (AvgIpc) is 1.15. The monoisotopic (exact) mass is 1130 g/mol. The Hall–Kier alpha value is -7.18. The van der Waals surface area contributed by atoms with Gasteiger partial charge in [0.15, 0.2) is 5.58 Å². The smallest absolute Gasteiger partial charge is 0.252 e. The van der Waals surface area contributed by atoms with Crippen molar-refractivity contribution in [2.45, 2.75) is 206 Å². The molecule has 2 aromatic heterocycles. The molecule has 1 fully saturated rings. The Balaban J connectivity index is 1.09. The van der Waals surface area contributed by atoms with Gasteiger partial charge in [-0.05, 0) is 200 Å². The summed E-state index contributed by atoms with van der Waals surface area (Å²) in [7, 11) is 0. The number of hydrogen-bond acceptors (Lipinski definition) is 5. The van der Waals surface area contributed by atoms with Gasteiger partial charge in [-0.15, -0.1) is 0 Å². The minimum Gasteiger partial charge on any atom is -0.456 e. The quantitative estimate of drug-likeness (QED) is 0.165. The molecule has 6 heteroatoms. The van der Waals surface area contributed by atoms with Crippen molar-refractivity contribution in [3.05, 3.63) is 172 Å². The predicted molar refractivity (Wildman–Crippen MR) is 366 cm³/mol. The first-order chi connectivity index (χ1) is 40.6. The fourth-order valence-electron chi connectivity index (χ4n) is 17.7. The Labute approximate surface area is 511 Å². The molecule has 0 spiro atoms. The van der Waals surface area contributed by atoms with Crippen molar-refractivity contribution < 1.29 is 8.83 Å². The van der Waals surface area contributed by atoms with Crippen molar-refractivity contribution in [1.82, 2.24) is 0 Å². The first-order valence-electron chi connectivity index (χ1n) is 32.6. The predicted octanol–water partition coefficient (Wildman–Crippen LogP) is 20.6. The summed E-state index contributed by atoms with van der Waals surface area (Å²) in [5.74, 6) is 0. The highest BCUT2D eigenvalue weighted by atomic mass is 16.3. The molecule has 0 N–H and O–H groups in total. The lowest BCUT2D eigenvalue weighted by Gasteiger charge is -2.51. The third-order valence-electron chi connectivity index (χ3n) is 23.4. The summed E-state index contributed by atoms with van der Waals surface area (Å²) < 4.78 is 14.5. The molecule has 6 aliphatic rings. The fourth-order valence-corrected chi connectivity index (χ4v) is 17.7. The lowest BCUT2D eigenvalue weighted by molar-refractivity contribution is 0.195. The molecule has 8 aromatic carbocycles. The van der Waals surface area contributed by atoms with Gasteiger partial charge in [-0.2, -0.15) is 0 Å². The summed E-state index contributed by atoms with van der Waals surface area (Å²) in [6.07, 6.45) is 9.25. The van der Waals surface area contributed by atoms with Gasteiger partial charge in [-0.25, -0.2) is 0 Å². The number of hydrogen-bond donors (Lipinski definition) is 0. The van der Waals surface area contributed by atoms with Gasteiger partial charge in [0, 0.05) is 55.7 Å². The van der Waals surface area contributed by atoms with Gasteiger partial charge in [0.2, 0.25) is 0 Å². The fraction of sp³-hybridized carbons (Fsp3) is 0.400. The van der Waals surface area contributed by atoms with Crippen LogP contribution in [0.25, 0.3) is 43.9 Å². The van der Waals surface area contributed by atoms with E-state index in [4.69, 9.17) is 8.83 Å². The van der Waals surface area contributed by atoms with E-state index in [0.29, 0.717) is 0 Å². The Morgan fingerprint density at radius 2 is 1.02 bits per heavy atom. The van der Waals surface area contributed by atoms with Crippen molar-refractivity contribution in [2.75, 3.05) is 14.7 Å². The number of nitrogens with zero attached hydrogens (tertiary/aromatic N) is 3. The summed E-state index contributed by atoms with van der Waals surface area (Å²) >= 11 is 0. The molecular formula is C80H86BN3O2. The van der Waals surface area contributed by atoms with Crippen molar-refractivity contribution in [2.24, 2.45) is 0 Å². The molecule has 436 valence electrons. The number of benzene rings is 8. The van der Waals surface area contributed by atoms with E-state index >= 15 is 0 Å². The maximum atomic E-state index is 7.55. The lowest BCUT2D eigenvalue weighted by atomic mass is 9.33. The Bertz CT molecular complexity index is 4590. The maximum absolute atomic E-state index is 7.55. The highest BCUT2D eigenvalue weighted by molar-refractivity contribution is 7.00. The molecule has 0 radical (unpaired) electrons. The zero-order valence-corrected chi connectivity index (χ0v) is 54.1. The SMILES string of the molecule is CC(C)(C)c1ccc2c(c1)C1(C)CCCCC1(C)N2c1cc2c3c(c1)N(c1cccc4oc5ccccc5c14)c1c(ccc4c1oc1ccc(C(C)(C)C)cc14)B3c1cc3c(cc1N2c1ccc2c(c1)C(C)(C)CCC2(C)C)C(C)(C)CCC3(C)C. The second kappa shape index (κ2) is 17.3. The van der Waals surface area contributed by atoms with Crippen molar-refractivity contribution in [3.63, 3.8) is 0 Å². The van der Waals surface area contributed by atoms with Crippen LogP contribution < -0.4 is 31.1 Å². The topological polar surface area (TPSA) is 36.0 Å². The Kier molecular flexibility index (Phi) is 10.9. The van der Waals surface area contributed by atoms with Gasteiger partial charge in [-0.1, -0.05) is 183 Å². The second-order valence-corrected chi connectivity index (χ2v) is 32.5. The summed E-state index contributed by atoms with van der Waals surface area (Å²) in [6, 6.07) is 53.1. The normalized spacial score (nSPS) is 22.2. The Morgan fingerprint density at radius 3 is 1.74 bits per heavy atom. The van der Waals surface area contributed by atoms with Crippen LogP contribution in [0, 0.1) is 0 Å². The molecule has 5 heterocycles. The highest BCUT2D eigenvalue weighted by Gasteiger charge is 2.59. The van der Waals surface area contributed by atoms with Gasteiger partial charge >= 0.3 is 0 Å². The van der Waals surface area contributed by atoms with E-state index < -0.39 is 0 Å². The van der Waals surface area contributed by atoms with Crippen LogP contribution in [0.15, 0.2) is 142 Å². The lowest BCUT2D eigenvalue weighted by Crippen LogP contribution is -2.62. The van der Waals surface area contributed by atoms with Crippen LogP contribution in [0.2, 0.25) is 0 Å². The van der Waals surface area contributed by atoms with E-state index in [1.165, 1.54) is 109 Å². The van der Waals surface area contributed by atoms with Crippen LogP contribution in [0.1, 0.15) is 201 Å². The van der Waals surface area contributed by atoms with Gasteiger partial charge in [-0.3, -0.25) is 0 Å². The minimum atomic E-state index is -0.215. The molecule has 3 aliphatic heterocycles. The van der Waals surface area contributed by atoms with Crippen LogP contribution in [-0.4, -0.2) is 12.3 Å². The number of fused-ring (bicyclic) bond motifs is 16. The highest BCUT2D eigenvalue weighted by Crippen LogP contribution is 2.63. The zero-order valence-electron chi connectivity index (χ0n) is 54.1. The standard InChI is InChI=1S/C80H86BN3O2/c1-73(2,3)47-27-33-67-53(40-47)51-29-31-59-71(72(51)86-67)83(62-23-21-25-68-69(62)52-22-17-18-24-66(52)85-68)65-44-50(84-61-32-26-48(74(4,5)6)41-58(61)79(15)34-19-20-35-80(79,84)16)43-64-70(65)81(59)60-45-56-57(78(13,14)39-38-77(56,11)12)46-63(60)82(64)49-28-30-54-55(42-49)76(9,10)37-36-75(54,7)8/h17-18,21-33,40-46H,19-20,34-39H2,1-16H3. The Morgan fingerprint density at radius 1 is 0.407 bits per heavy atom. The number of para-hydroxylation sites is 1. The molecule has 0 saturated heterocycles. The van der Waals surface area contributed by atoms with Gasteiger partial charge in [0.05, 0.1) is 22.3 Å². The van der Waals surface area contributed by atoms with E-state index in [1.807, 2.05) is 0 Å². The summed E-state index contributed by atoms with van der Waals surface area (Å²) in [6.45, 7) is 39.1. The minimum absolute atomic E-state index is 0.00372. The van der Waals surface area contributed by atoms with E-state index in [9.17, 15) is 0 Å². The van der Waals surface area contributed by atoms with Crippen molar-refractivity contribution in [1.29, 1.82) is 0 Å². The molecule has 16 rings (SSSR count). The van der Waals surface area contributed by atoms with Crippen LogP contribution >= 0.6 is 0 Å². The van der Waals surface area contributed by atoms with E-state index in [1.54, 1.807) is 0 Å². The molecule has 2 atom stereocenters. The summed E-state index contributed by atoms with van der Waals surface area (Å²) in [4.78, 5) is 8.27. The molecule has 1 saturated carbocycles. The van der Waals surface area contributed by atoms with E-state index in [0.717, 1.165) is 87.4 Å². The second-order valence-electron chi connectivity index (χ2n) is 32.5. The average molecular weight is 1130 g/mol. The first kappa shape index (κ1) is 54.2. The molecule has 10 aromatic rings. The molecule has 86 heavy (non-hydrogen) atoms. The summed E-state index contributed by atoms with van der Waals surface area (Å²) in [5, 5.41) is 4.50. The van der Waals surface area contributed by atoms with Gasteiger partial charge in [0.25, 0.3) is 6.71 Å². The number of furan rings is 2. The zero-order chi connectivity index (χ0) is 59.9. The number of rotatable bonds is 3. The largest absolute Gasteiger partial charge is 0.456 e. The van der Waals surface area contributed by atoms with Crippen LogP contribution in [0.3, 0.4) is 0 Å². The third kappa shape index (κ3) is 7.31. The molecular weight excluding hydrogens is 1050 g/mol. The van der Waals surface area contributed by atoms with E-state index in [-0.39, 0.29) is 50.2 Å². The maximum Gasteiger partial charge on any atom is 0.252 e. The number of anilines is 8. The molecule has 2 unspecified atom stereocenters. The van der Waals surface area contributed by atoms with Crippen LogP contribution in [0.5, 0.6) is 0 Å². The van der Waals surface area contributed by atoms with Gasteiger partial charge < -0.3 is 23.5 Å². The van der Waals surface area contributed by atoms with E-state index in [2.05, 4.69) is 259 Å². The molecule has 0 amide bonds. The third-order valence-corrected chi connectivity index (χ3v) is 23.4. The van der Waals surface area contributed by atoms with Crippen molar-refractivity contribution in [3.8, 4) is 0 Å². The first-order valence-corrected chi connectivity index (χ1v) is 32.6. The molecule has 5 nitrogen and oxygen atoms in total. The van der Waals surface area contributed by atoms with Crippen LogP contribution in [-0.2, 0) is 37.9 Å². The summed E-state index contributed by atoms with van der Waals surface area (Å²) in [5.41, 5.74) is 27.0. The van der Waals surface area contributed by atoms with Crippen molar-refractivity contribution >= 4 is 112 Å². The van der Waals surface area contributed by atoms with Gasteiger partial charge in [0.1, 0.15) is 16.7 Å².